The van der Waals surface area contributed by atoms with E-state index in [1.54, 1.807) is 19.1 Å². The monoisotopic (exact) mass is 263 g/mol. The average molecular weight is 264 g/mol. The molecular weight excluding hydrogens is 254 g/mol. The zero-order chi connectivity index (χ0) is 13.1. The molecule has 18 heavy (non-hydrogen) atoms. The summed E-state index contributed by atoms with van der Waals surface area (Å²) in [4.78, 5) is 19.6. The van der Waals surface area contributed by atoms with E-state index < -0.39 is 5.91 Å². The fraction of sp³-hybridized carbons (Fsp3) is 0.0833. The van der Waals surface area contributed by atoms with E-state index in [4.69, 9.17) is 11.6 Å². The Labute approximate surface area is 108 Å². The zero-order valence-corrected chi connectivity index (χ0v) is 10.3. The van der Waals surface area contributed by atoms with Crippen molar-refractivity contribution in [2.45, 2.75) is 6.92 Å². The number of phenolic OH excluding ortho intramolecular Hbond substituents is 1. The van der Waals surface area contributed by atoms with Crippen molar-refractivity contribution in [2.24, 2.45) is 0 Å². The summed E-state index contributed by atoms with van der Waals surface area (Å²) in [6.45, 7) is 1.72. The fourth-order valence-electron chi connectivity index (χ4n) is 1.43. The van der Waals surface area contributed by atoms with E-state index in [9.17, 15) is 9.90 Å². The first kappa shape index (κ1) is 12.3. The van der Waals surface area contributed by atoms with Crippen LogP contribution in [-0.2, 0) is 0 Å². The lowest BCUT2D eigenvalue weighted by atomic mass is 10.2. The number of amides is 1. The Morgan fingerprint density at radius 3 is 2.78 bits per heavy atom. The van der Waals surface area contributed by atoms with Crippen molar-refractivity contribution in [3.8, 4) is 5.75 Å². The largest absolute Gasteiger partial charge is 0.508 e. The first-order chi connectivity index (χ1) is 8.54. The predicted molar refractivity (Wildman–Crippen MR) is 67.8 cm³/mol. The average Bonchev–Trinajstić information content (AvgIpc) is 2.27. The molecule has 0 bridgehead atoms. The number of carbonyl (C=O) groups excluding carboxylic acids is 1. The second-order valence-electron chi connectivity index (χ2n) is 3.67. The Kier molecular flexibility index (Phi) is 3.43. The van der Waals surface area contributed by atoms with Crippen LogP contribution in [0.3, 0.4) is 0 Å². The zero-order valence-electron chi connectivity index (χ0n) is 9.51. The highest BCUT2D eigenvalue weighted by molar-refractivity contribution is 6.28. The molecule has 5 nitrogen and oxygen atoms in total. The highest BCUT2D eigenvalue weighted by Crippen LogP contribution is 2.16. The molecule has 92 valence electrons. The van der Waals surface area contributed by atoms with Gasteiger partial charge in [-0.05, 0) is 36.7 Å². The van der Waals surface area contributed by atoms with Crippen molar-refractivity contribution in [1.29, 1.82) is 0 Å². The molecule has 0 saturated carbocycles. The van der Waals surface area contributed by atoms with Crippen molar-refractivity contribution in [2.75, 3.05) is 5.32 Å². The van der Waals surface area contributed by atoms with Gasteiger partial charge in [0, 0.05) is 17.4 Å². The molecule has 0 unspecified atom stereocenters. The quantitative estimate of drug-likeness (QED) is 0.816. The fourth-order valence-corrected chi connectivity index (χ4v) is 1.65. The summed E-state index contributed by atoms with van der Waals surface area (Å²) in [5.41, 5.74) is 1.26. The van der Waals surface area contributed by atoms with Gasteiger partial charge >= 0.3 is 0 Å². The summed E-state index contributed by atoms with van der Waals surface area (Å²) in [6, 6.07) is 7.77. The minimum Gasteiger partial charge on any atom is -0.508 e. The van der Waals surface area contributed by atoms with E-state index in [0.717, 1.165) is 0 Å². The molecule has 0 aliphatic carbocycles. The number of hydrogen-bond acceptors (Lipinski definition) is 4. The maximum absolute atomic E-state index is 11.9. The molecule has 0 aliphatic heterocycles. The van der Waals surface area contributed by atoms with E-state index in [0.29, 0.717) is 11.4 Å². The van der Waals surface area contributed by atoms with E-state index in [-0.39, 0.29) is 16.7 Å². The number of aryl methyl sites for hydroxylation is 1. The molecule has 0 aliphatic rings. The SMILES string of the molecule is Cc1cc(C(=O)Nc2cccc(O)c2)nc(Cl)n1. The topological polar surface area (TPSA) is 75.1 Å². The highest BCUT2D eigenvalue weighted by atomic mass is 35.5. The van der Waals surface area contributed by atoms with Crippen LogP contribution >= 0.6 is 11.6 Å². The molecular formula is C12H10ClN3O2. The summed E-state index contributed by atoms with van der Waals surface area (Å²) in [5, 5.41) is 11.9. The third kappa shape index (κ3) is 2.95. The van der Waals surface area contributed by atoms with Crippen LogP contribution in [0.4, 0.5) is 5.69 Å². The van der Waals surface area contributed by atoms with Gasteiger partial charge in [0.25, 0.3) is 5.91 Å². The lowest BCUT2D eigenvalue weighted by Gasteiger charge is -2.05. The predicted octanol–water partition coefficient (Wildman–Crippen LogP) is 2.40. The number of aromatic hydroxyl groups is 1. The van der Waals surface area contributed by atoms with Crippen LogP contribution in [0.15, 0.2) is 30.3 Å². The summed E-state index contributed by atoms with van der Waals surface area (Å²) in [7, 11) is 0. The molecule has 2 N–H and O–H groups in total. The van der Waals surface area contributed by atoms with Crippen LogP contribution in [0, 0.1) is 6.92 Å². The Morgan fingerprint density at radius 1 is 1.33 bits per heavy atom. The number of benzene rings is 1. The van der Waals surface area contributed by atoms with Crippen LogP contribution < -0.4 is 5.32 Å². The van der Waals surface area contributed by atoms with Crippen LogP contribution in [-0.4, -0.2) is 21.0 Å². The number of anilines is 1. The van der Waals surface area contributed by atoms with Crippen LogP contribution in [0.5, 0.6) is 5.75 Å². The van der Waals surface area contributed by atoms with E-state index >= 15 is 0 Å². The first-order valence-corrected chi connectivity index (χ1v) is 5.54. The van der Waals surface area contributed by atoms with Crippen LogP contribution in [0.25, 0.3) is 0 Å². The van der Waals surface area contributed by atoms with Gasteiger partial charge in [-0.25, -0.2) is 9.97 Å². The number of carbonyl (C=O) groups is 1. The molecule has 0 radical (unpaired) electrons. The van der Waals surface area contributed by atoms with Gasteiger partial charge in [0.1, 0.15) is 11.4 Å². The Hall–Kier alpha value is -2.14. The molecule has 1 aromatic heterocycles. The van der Waals surface area contributed by atoms with Gasteiger partial charge in [-0.3, -0.25) is 4.79 Å². The van der Waals surface area contributed by atoms with Crippen molar-refractivity contribution in [1.82, 2.24) is 9.97 Å². The molecule has 2 rings (SSSR count). The lowest BCUT2D eigenvalue weighted by Crippen LogP contribution is -2.14. The normalized spacial score (nSPS) is 10.1. The van der Waals surface area contributed by atoms with Crippen molar-refractivity contribution in [3.05, 3.63) is 47.0 Å². The van der Waals surface area contributed by atoms with Gasteiger partial charge in [-0.15, -0.1) is 0 Å². The maximum Gasteiger partial charge on any atom is 0.274 e. The Bertz CT molecular complexity index is 581. The minimum atomic E-state index is -0.409. The standard InChI is InChI=1S/C12H10ClN3O2/c1-7-5-10(16-12(13)14-7)11(18)15-8-3-2-4-9(17)6-8/h2-6,17H,1H3,(H,15,18). The van der Waals surface area contributed by atoms with Crippen LogP contribution in [0.1, 0.15) is 16.2 Å². The molecule has 0 saturated heterocycles. The minimum absolute atomic E-state index is 0.0241. The third-order valence-corrected chi connectivity index (χ3v) is 2.33. The molecule has 2 aromatic rings. The van der Waals surface area contributed by atoms with Crippen LogP contribution in [0.2, 0.25) is 5.28 Å². The lowest BCUT2D eigenvalue weighted by molar-refractivity contribution is 0.102. The molecule has 6 heteroatoms. The molecule has 0 spiro atoms. The number of halogens is 1. The summed E-state index contributed by atoms with van der Waals surface area (Å²) in [5.74, 6) is -0.335. The van der Waals surface area contributed by atoms with Gasteiger partial charge in [0.15, 0.2) is 0 Å². The first-order valence-electron chi connectivity index (χ1n) is 5.16. The highest BCUT2D eigenvalue weighted by Gasteiger charge is 2.10. The smallest absolute Gasteiger partial charge is 0.274 e. The Balaban J connectivity index is 2.22. The molecule has 1 aromatic carbocycles. The number of hydrogen-bond donors (Lipinski definition) is 2. The van der Waals surface area contributed by atoms with Gasteiger partial charge in [0.2, 0.25) is 5.28 Å². The van der Waals surface area contributed by atoms with Crippen molar-refractivity contribution in [3.63, 3.8) is 0 Å². The molecule has 0 atom stereocenters. The maximum atomic E-state index is 11.9. The van der Waals surface area contributed by atoms with E-state index in [1.165, 1.54) is 18.2 Å². The summed E-state index contributed by atoms with van der Waals surface area (Å²) in [6.07, 6.45) is 0. The number of nitrogens with one attached hydrogen (secondary N) is 1. The van der Waals surface area contributed by atoms with Gasteiger partial charge < -0.3 is 10.4 Å². The van der Waals surface area contributed by atoms with Gasteiger partial charge in [-0.2, -0.15) is 0 Å². The number of nitrogens with zero attached hydrogens (tertiary/aromatic N) is 2. The second-order valence-corrected chi connectivity index (χ2v) is 4.01. The van der Waals surface area contributed by atoms with E-state index in [2.05, 4.69) is 15.3 Å². The second kappa shape index (κ2) is 5.01. The summed E-state index contributed by atoms with van der Waals surface area (Å²) < 4.78 is 0. The van der Waals surface area contributed by atoms with Crippen molar-refractivity contribution >= 4 is 23.2 Å². The van der Waals surface area contributed by atoms with Crippen molar-refractivity contribution < 1.29 is 9.90 Å². The van der Waals surface area contributed by atoms with Gasteiger partial charge in [0.05, 0.1) is 0 Å². The Morgan fingerprint density at radius 2 is 2.11 bits per heavy atom. The summed E-state index contributed by atoms with van der Waals surface area (Å²) >= 11 is 5.68. The molecule has 0 fully saturated rings. The number of aromatic nitrogens is 2. The molecule has 1 heterocycles. The number of rotatable bonds is 2. The molecule has 1 amide bonds. The van der Waals surface area contributed by atoms with E-state index in [1.807, 2.05) is 0 Å². The third-order valence-electron chi connectivity index (χ3n) is 2.16. The number of phenols is 1. The van der Waals surface area contributed by atoms with Gasteiger partial charge in [-0.1, -0.05) is 6.07 Å².